The van der Waals surface area contributed by atoms with Gasteiger partial charge in [0.25, 0.3) is 0 Å². The van der Waals surface area contributed by atoms with Crippen LogP contribution in [0.1, 0.15) is 5.56 Å². The average Bonchev–Trinajstić information content (AvgIpc) is 2.62. The monoisotopic (exact) mass is 379 g/mol. The molecule has 0 unspecified atom stereocenters. The average molecular weight is 380 g/mol. The molecule has 132 valence electrons. The van der Waals surface area contributed by atoms with Crippen LogP contribution in [-0.2, 0) is 20.9 Å². The Bertz CT molecular complexity index is 721. The summed E-state index contributed by atoms with van der Waals surface area (Å²) in [5.41, 5.74) is 1.46. The van der Waals surface area contributed by atoms with Gasteiger partial charge in [-0.2, -0.15) is 0 Å². The molecule has 0 fully saturated rings. The fourth-order valence-corrected chi connectivity index (χ4v) is 2.72. The van der Waals surface area contributed by atoms with Crippen LogP contribution in [-0.4, -0.2) is 30.5 Å². The van der Waals surface area contributed by atoms with Gasteiger partial charge < -0.3 is 14.8 Å². The number of esters is 1. The number of carbonyl (C=O) groups is 2. The number of nitrogens with one attached hydrogen (secondary N) is 1. The zero-order chi connectivity index (χ0) is 18.1. The highest BCUT2D eigenvalue weighted by atomic mass is 35.5. The highest BCUT2D eigenvalue weighted by molar-refractivity contribution is 8.00. The fourth-order valence-electron chi connectivity index (χ4n) is 1.98. The van der Waals surface area contributed by atoms with Crippen LogP contribution in [0.2, 0.25) is 5.02 Å². The summed E-state index contributed by atoms with van der Waals surface area (Å²) in [6, 6.07) is 14.1. The first-order chi connectivity index (χ1) is 12.1. The van der Waals surface area contributed by atoms with Crippen molar-refractivity contribution >= 4 is 40.9 Å². The van der Waals surface area contributed by atoms with Crippen LogP contribution in [0.25, 0.3) is 0 Å². The highest BCUT2D eigenvalue weighted by Gasteiger charge is 2.09. The molecule has 7 heteroatoms. The molecule has 1 amide bonds. The first kappa shape index (κ1) is 19.1. The lowest BCUT2D eigenvalue weighted by atomic mass is 10.2. The minimum absolute atomic E-state index is 0.100. The predicted molar refractivity (Wildman–Crippen MR) is 100 cm³/mol. The van der Waals surface area contributed by atoms with Gasteiger partial charge in [0.15, 0.2) is 0 Å². The summed E-state index contributed by atoms with van der Waals surface area (Å²) >= 11 is 6.98. The van der Waals surface area contributed by atoms with E-state index in [9.17, 15) is 9.59 Å². The number of hydrogen-bond acceptors (Lipinski definition) is 5. The molecule has 0 aliphatic heterocycles. The van der Waals surface area contributed by atoms with E-state index in [0.717, 1.165) is 5.56 Å². The summed E-state index contributed by atoms with van der Waals surface area (Å²) in [5.74, 6) is 0.362. The van der Waals surface area contributed by atoms with Crippen molar-refractivity contribution in [2.75, 3.05) is 23.9 Å². The van der Waals surface area contributed by atoms with Crippen LogP contribution in [0.4, 0.5) is 5.69 Å². The first-order valence-corrected chi connectivity index (χ1v) is 9.02. The van der Waals surface area contributed by atoms with Gasteiger partial charge in [0.2, 0.25) is 5.91 Å². The van der Waals surface area contributed by atoms with Crippen molar-refractivity contribution in [3.8, 4) is 5.75 Å². The second-order valence-corrected chi connectivity index (χ2v) is 6.44. The minimum atomic E-state index is -0.379. The summed E-state index contributed by atoms with van der Waals surface area (Å²) in [6.45, 7) is 0.139. The van der Waals surface area contributed by atoms with Crippen molar-refractivity contribution in [3.63, 3.8) is 0 Å². The highest BCUT2D eigenvalue weighted by Crippen LogP contribution is 2.18. The molecule has 0 heterocycles. The van der Waals surface area contributed by atoms with Crippen molar-refractivity contribution < 1.29 is 19.1 Å². The van der Waals surface area contributed by atoms with Crippen molar-refractivity contribution in [2.24, 2.45) is 0 Å². The second kappa shape index (κ2) is 9.96. The molecular weight excluding hydrogens is 362 g/mol. The maximum absolute atomic E-state index is 11.8. The van der Waals surface area contributed by atoms with E-state index in [2.05, 4.69) is 5.32 Å². The van der Waals surface area contributed by atoms with E-state index >= 15 is 0 Å². The Labute approximate surface area is 155 Å². The van der Waals surface area contributed by atoms with Gasteiger partial charge in [-0.25, -0.2) is 0 Å². The number of para-hydroxylation sites is 1. The number of halogens is 1. The van der Waals surface area contributed by atoms with E-state index in [1.807, 2.05) is 18.2 Å². The Balaban J connectivity index is 1.68. The lowest BCUT2D eigenvalue weighted by Gasteiger charge is -2.09. The summed E-state index contributed by atoms with van der Waals surface area (Å²) in [6.07, 6.45) is 0. The predicted octanol–water partition coefficient (Wildman–Crippen LogP) is 3.76. The Hall–Kier alpha value is -2.18. The van der Waals surface area contributed by atoms with Gasteiger partial charge in [-0.1, -0.05) is 29.8 Å². The van der Waals surface area contributed by atoms with Gasteiger partial charge in [0.1, 0.15) is 12.4 Å². The van der Waals surface area contributed by atoms with Crippen LogP contribution in [0.5, 0.6) is 5.75 Å². The van der Waals surface area contributed by atoms with Crippen LogP contribution in [0.3, 0.4) is 0 Å². The molecule has 0 saturated heterocycles. The van der Waals surface area contributed by atoms with Crippen molar-refractivity contribution in [1.82, 2.24) is 0 Å². The molecule has 0 aromatic heterocycles. The van der Waals surface area contributed by atoms with Crippen LogP contribution >= 0.6 is 23.4 Å². The Morgan fingerprint density at radius 3 is 2.52 bits per heavy atom. The molecule has 0 bridgehead atoms. The third kappa shape index (κ3) is 6.68. The van der Waals surface area contributed by atoms with E-state index in [-0.39, 0.29) is 30.0 Å². The van der Waals surface area contributed by atoms with Crippen LogP contribution in [0, 0.1) is 0 Å². The van der Waals surface area contributed by atoms with Crippen LogP contribution < -0.4 is 10.1 Å². The smallest absolute Gasteiger partial charge is 0.316 e. The Kier molecular flexibility index (Phi) is 7.63. The summed E-state index contributed by atoms with van der Waals surface area (Å²) in [4.78, 5) is 23.6. The number of benzene rings is 2. The van der Waals surface area contributed by atoms with E-state index < -0.39 is 0 Å². The van der Waals surface area contributed by atoms with E-state index in [0.29, 0.717) is 16.5 Å². The number of thioether (sulfide) groups is 1. The van der Waals surface area contributed by atoms with Gasteiger partial charge in [0, 0.05) is 16.3 Å². The number of rotatable bonds is 8. The molecule has 0 aliphatic carbocycles. The number of methoxy groups -OCH3 is 1. The van der Waals surface area contributed by atoms with Gasteiger partial charge in [-0.3, -0.25) is 9.59 Å². The van der Waals surface area contributed by atoms with Crippen molar-refractivity contribution in [1.29, 1.82) is 0 Å². The van der Waals surface area contributed by atoms with E-state index in [1.54, 1.807) is 37.4 Å². The molecule has 0 aliphatic rings. The SMILES string of the molecule is COc1ccccc1COC(=O)CSCC(=O)Nc1ccc(Cl)cc1. The lowest BCUT2D eigenvalue weighted by Crippen LogP contribution is -2.16. The normalized spacial score (nSPS) is 10.2. The lowest BCUT2D eigenvalue weighted by molar-refractivity contribution is -0.141. The summed E-state index contributed by atoms with van der Waals surface area (Å²) < 4.78 is 10.4. The number of anilines is 1. The van der Waals surface area contributed by atoms with Crippen molar-refractivity contribution in [3.05, 3.63) is 59.1 Å². The Morgan fingerprint density at radius 1 is 1.08 bits per heavy atom. The van der Waals surface area contributed by atoms with Gasteiger partial charge in [-0.05, 0) is 30.3 Å². The van der Waals surface area contributed by atoms with Crippen LogP contribution in [0.15, 0.2) is 48.5 Å². The number of carbonyl (C=O) groups excluding carboxylic acids is 2. The molecule has 0 spiro atoms. The molecule has 2 aromatic rings. The van der Waals surface area contributed by atoms with Gasteiger partial charge >= 0.3 is 5.97 Å². The number of hydrogen-bond donors (Lipinski definition) is 1. The van der Waals surface area contributed by atoms with Gasteiger partial charge in [-0.15, -0.1) is 11.8 Å². The molecular formula is C18H18ClNO4S. The molecule has 2 rings (SSSR count). The molecule has 1 N–H and O–H groups in total. The van der Waals surface area contributed by atoms with E-state index in [4.69, 9.17) is 21.1 Å². The van der Waals surface area contributed by atoms with E-state index in [1.165, 1.54) is 11.8 Å². The third-order valence-electron chi connectivity index (χ3n) is 3.16. The molecule has 5 nitrogen and oxygen atoms in total. The number of amides is 1. The molecule has 0 saturated carbocycles. The molecule has 25 heavy (non-hydrogen) atoms. The quantitative estimate of drug-likeness (QED) is 0.707. The maximum atomic E-state index is 11.8. The zero-order valence-electron chi connectivity index (χ0n) is 13.7. The fraction of sp³-hybridized carbons (Fsp3) is 0.222. The minimum Gasteiger partial charge on any atom is -0.496 e. The third-order valence-corrected chi connectivity index (χ3v) is 4.32. The summed E-state index contributed by atoms with van der Waals surface area (Å²) in [7, 11) is 1.57. The molecule has 2 aromatic carbocycles. The summed E-state index contributed by atoms with van der Waals surface area (Å²) in [5, 5.41) is 3.33. The second-order valence-electron chi connectivity index (χ2n) is 5.02. The first-order valence-electron chi connectivity index (χ1n) is 7.49. The molecule has 0 atom stereocenters. The topological polar surface area (TPSA) is 64.6 Å². The maximum Gasteiger partial charge on any atom is 0.316 e. The molecule has 0 radical (unpaired) electrons. The zero-order valence-corrected chi connectivity index (χ0v) is 15.2. The number of ether oxygens (including phenoxy) is 2. The standard InChI is InChI=1S/C18H18ClNO4S/c1-23-16-5-3-2-4-13(16)10-24-18(22)12-25-11-17(21)20-15-8-6-14(19)7-9-15/h2-9H,10-12H2,1H3,(H,20,21). The van der Waals surface area contributed by atoms with Crippen molar-refractivity contribution in [2.45, 2.75) is 6.61 Å². The Morgan fingerprint density at radius 2 is 1.80 bits per heavy atom. The van der Waals surface area contributed by atoms with Gasteiger partial charge in [0.05, 0.1) is 18.6 Å². The largest absolute Gasteiger partial charge is 0.496 e.